The van der Waals surface area contributed by atoms with Crippen LogP contribution in [0.5, 0.6) is 0 Å². The fourth-order valence-electron chi connectivity index (χ4n) is 2.49. The molecule has 1 aliphatic heterocycles. The standard InChI is InChI=1S/C15H19ClN4O/c1-2-19-7-9-20(10-8-19)11-14-17-15(18-21-14)12-3-5-13(16)6-4-12/h3-6H,2,7-11H2,1H3. The fraction of sp³-hybridized carbons (Fsp3) is 0.467. The molecular formula is C15H19ClN4O. The van der Waals surface area contributed by atoms with Gasteiger partial charge < -0.3 is 9.42 Å². The van der Waals surface area contributed by atoms with Gasteiger partial charge in [0.05, 0.1) is 6.54 Å². The maximum absolute atomic E-state index is 5.88. The van der Waals surface area contributed by atoms with Gasteiger partial charge in [-0.15, -0.1) is 0 Å². The number of aromatic nitrogens is 2. The molecule has 0 unspecified atom stereocenters. The van der Waals surface area contributed by atoms with Crippen LogP contribution in [0.15, 0.2) is 28.8 Å². The van der Waals surface area contributed by atoms with Gasteiger partial charge in [-0.25, -0.2) is 0 Å². The number of halogens is 1. The Balaban J connectivity index is 1.62. The molecule has 1 aliphatic rings. The summed E-state index contributed by atoms with van der Waals surface area (Å²) in [4.78, 5) is 9.27. The highest BCUT2D eigenvalue weighted by Crippen LogP contribution is 2.19. The maximum Gasteiger partial charge on any atom is 0.241 e. The Morgan fingerprint density at radius 1 is 1.10 bits per heavy atom. The average molecular weight is 307 g/mol. The van der Waals surface area contributed by atoms with Crippen molar-refractivity contribution in [3.63, 3.8) is 0 Å². The highest BCUT2D eigenvalue weighted by atomic mass is 35.5. The van der Waals surface area contributed by atoms with Crippen molar-refractivity contribution in [2.24, 2.45) is 0 Å². The second-order valence-corrected chi connectivity index (χ2v) is 5.67. The Hall–Kier alpha value is -1.43. The molecular weight excluding hydrogens is 288 g/mol. The predicted molar refractivity (Wildman–Crippen MR) is 82.1 cm³/mol. The van der Waals surface area contributed by atoms with Gasteiger partial charge in [-0.3, -0.25) is 4.90 Å². The minimum absolute atomic E-state index is 0.619. The van der Waals surface area contributed by atoms with Gasteiger partial charge in [-0.2, -0.15) is 4.98 Å². The number of piperazine rings is 1. The Morgan fingerprint density at radius 2 is 1.76 bits per heavy atom. The molecule has 0 aliphatic carbocycles. The van der Waals surface area contributed by atoms with Crippen molar-refractivity contribution in [3.8, 4) is 11.4 Å². The van der Waals surface area contributed by atoms with Crippen molar-refractivity contribution >= 4 is 11.6 Å². The van der Waals surface area contributed by atoms with Crippen LogP contribution in [-0.2, 0) is 6.54 Å². The van der Waals surface area contributed by atoms with Gasteiger partial charge in [0.15, 0.2) is 0 Å². The summed E-state index contributed by atoms with van der Waals surface area (Å²) in [7, 11) is 0. The summed E-state index contributed by atoms with van der Waals surface area (Å²) in [6.45, 7) is 8.35. The molecule has 0 spiro atoms. The summed E-state index contributed by atoms with van der Waals surface area (Å²) in [5.74, 6) is 1.29. The van der Waals surface area contributed by atoms with Gasteiger partial charge in [-0.1, -0.05) is 23.7 Å². The van der Waals surface area contributed by atoms with Crippen LogP contribution in [0.2, 0.25) is 5.02 Å². The van der Waals surface area contributed by atoms with Crippen molar-refractivity contribution in [2.75, 3.05) is 32.7 Å². The SMILES string of the molecule is CCN1CCN(Cc2nc(-c3ccc(Cl)cc3)no2)CC1. The number of hydrogen-bond donors (Lipinski definition) is 0. The van der Waals surface area contributed by atoms with E-state index in [0.29, 0.717) is 16.7 Å². The van der Waals surface area contributed by atoms with E-state index >= 15 is 0 Å². The molecule has 21 heavy (non-hydrogen) atoms. The summed E-state index contributed by atoms with van der Waals surface area (Å²) in [6, 6.07) is 7.46. The molecule has 3 rings (SSSR count). The number of benzene rings is 1. The lowest BCUT2D eigenvalue weighted by molar-refractivity contribution is 0.121. The van der Waals surface area contributed by atoms with E-state index in [9.17, 15) is 0 Å². The van der Waals surface area contributed by atoms with E-state index < -0.39 is 0 Å². The van der Waals surface area contributed by atoms with E-state index in [2.05, 4.69) is 26.9 Å². The fourth-order valence-corrected chi connectivity index (χ4v) is 2.62. The van der Waals surface area contributed by atoms with E-state index in [1.807, 2.05) is 24.3 Å². The molecule has 1 fully saturated rings. The third-order valence-corrected chi connectivity index (χ3v) is 4.09. The molecule has 0 saturated carbocycles. The zero-order valence-corrected chi connectivity index (χ0v) is 12.9. The zero-order valence-electron chi connectivity index (χ0n) is 12.1. The first-order valence-corrected chi connectivity index (χ1v) is 7.65. The van der Waals surface area contributed by atoms with E-state index in [1.165, 1.54) is 0 Å². The first-order chi connectivity index (χ1) is 10.2. The van der Waals surface area contributed by atoms with Crippen LogP contribution in [0.25, 0.3) is 11.4 Å². The van der Waals surface area contributed by atoms with Gasteiger partial charge in [0.2, 0.25) is 11.7 Å². The van der Waals surface area contributed by atoms with E-state index in [1.54, 1.807) is 0 Å². The normalized spacial score (nSPS) is 17.2. The Bertz CT molecular complexity index is 576. The van der Waals surface area contributed by atoms with Crippen LogP contribution in [0.1, 0.15) is 12.8 Å². The van der Waals surface area contributed by atoms with Crippen molar-refractivity contribution in [2.45, 2.75) is 13.5 Å². The molecule has 0 atom stereocenters. The highest BCUT2D eigenvalue weighted by Gasteiger charge is 2.18. The topological polar surface area (TPSA) is 45.4 Å². The largest absolute Gasteiger partial charge is 0.338 e. The molecule has 2 aromatic rings. The van der Waals surface area contributed by atoms with Gasteiger partial charge in [-0.05, 0) is 30.8 Å². The Labute approximate surface area is 129 Å². The Morgan fingerprint density at radius 3 is 2.43 bits per heavy atom. The van der Waals surface area contributed by atoms with Gasteiger partial charge in [0.25, 0.3) is 0 Å². The van der Waals surface area contributed by atoms with Crippen molar-refractivity contribution in [1.82, 2.24) is 19.9 Å². The van der Waals surface area contributed by atoms with Crippen LogP contribution in [-0.4, -0.2) is 52.7 Å². The lowest BCUT2D eigenvalue weighted by Gasteiger charge is -2.33. The summed E-state index contributed by atoms with van der Waals surface area (Å²) >= 11 is 5.88. The average Bonchev–Trinajstić information content (AvgIpc) is 2.97. The third-order valence-electron chi connectivity index (χ3n) is 3.84. The van der Waals surface area contributed by atoms with E-state index in [4.69, 9.17) is 16.1 Å². The number of hydrogen-bond acceptors (Lipinski definition) is 5. The minimum Gasteiger partial charge on any atom is -0.338 e. The molecule has 112 valence electrons. The van der Waals surface area contributed by atoms with Crippen LogP contribution >= 0.6 is 11.6 Å². The molecule has 0 amide bonds. The van der Waals surface area contributed by atoms with Crippen molar-refractivity contribution in [1.29, 1.82) is 0 Å². The molecule has 1 saturated heterocycles. The molecule has 2 heterocycles. The minimum atomic E-state index is 0.619. The highest BCUT2D eigenvalue weighted by molar-refractivity contribution is 6.30. The van der Waals surface area contributed by atoms with Gasteiger partial charge in [0, 0.05) is 36.8 Å². The molecule has 1 aromatic heterocycles. The van der Waals surface area contributed by atoms with Gasteiger partial charge in [0.1, 0.15) is 0 Å². The second-order valence-electron chi connectivity index (χ2n) is 5.23. The quantitative estimate of drug-likeness (QED) is 0.868. The number of nitrogens with zero attached hydrogens (tertiary/aromatic N) is 4. The molecule has 5 nitrogen and oxygen atoms in total. The second kappa shape index (κ2) is 6.56. The van der Waals surface area contributed by atoms with E-state index in [-0.39, 0.29) is 0 Å². The number of likely N-dealkylation sites (N-methyl/N-ethyl adjacent to an activating group) is 1. The summed E-state index contributed by atoms with van der Waals surface area (Å²) in [5.41, 5.74) is 0.921. The van der Waals surface area contributed by atoms with Crippen LogP contribution in [0.4, 0.5) is 0 Å². The molecule has 0 N–H and O–H groups in total. The Kier molecular flexibility index (Phi) is 4.53. The molecule has 0 radical (unpaired) electrons. The van der Waals surface area contributed by atoms with Gasteiger partial charge >= 0.3 is 0 Å². The number of rotatable bonds is 4. The molecule has 1 aromatic carbocycles. The summed E-state index contributed by atoms with van der Waals surface area (Å²) in [5, 5.41) is 4.75. The third kappa shape index (κ3) is 3.61. The molecule has 6 heteroatoms. The maximum atomic E-state index is 5.88. The van der Waals surface area contributed by atoms with E-state index in [0.717, 1.165) is 44.8 Å². The monoisotopic (exact) mass is 306 g/mol. The van der Waals surface area contributed by atoms with Crippen LogP contribution in [0, 0.1) is 0 Å². The van der Waals surface area contributed by atoms with Crippen LogP contribution in [0.3, 0.4) is 0 Å². The summed E-state index contributed by atoms with van der Waals surface area (Å²) < 4.78 is 5.36. The molecule has 0 bridgehead atoms. The predicted octanol–water partition coefficient (Wildman–Crippen LogP) is 2.53. The smallest absolute Gasteiger partial charge is 0.241 e. The van der Waals surface area contributed by atoms with Crippen LogP contribution < -0.4 is 0 Å². The first-order valence-electron chi connectivity index (χ1n) is 7.28. The first kappa shape index (κ1) is 14.5. The zero-order chi connectivity index (χ0) is 14.7. The van der Waals surface area contributed by atoms with Crippen molar-refractivity contribution in [3.05, 3.63) is 35.2 Å². The lowest BCUT2D eigenvalue weighted by atomic mass is 10.2. The lowest BCUT2D eigenvalue weighted by Crippen LogP contribution is -2.45. The summed E-state index contributed by atoms with van der Waals surface area (Å²) in [6.07, 6.45) is 0. The van der Waals surface area contributed by atoms with Crippen molar-refractivity contribution < 1.29 is 4.52 Å².